The van der Waals surface area contributed by atoms with Crippen LogP contribution in [0.15, 0.2) is 54.7 Å². The highest BCUT2D eigenvalue weighted by Gasteiger charge is 2.08. The molecule has 100 valence electrons. The van der Waals surface area contributed by atoms with Gasteiger partial charge in [-0.3, -0.25) is 4.98 Å². The van der Waals surface area contributed by atoms with Crippen LogP contribution in [0.2, 0.25) is 5.02 Å². The van der Waals surface area contributed by atoms with Gasteiger partial charge in [0.2, 0.25) is 0 Å². The smallest absolute Gasteiger partial charge is 0.146 e. The molecule has 0 aliphatic carbocycles. The van der Waals surface area contributed by atoms with E-state index in [9.17, 15) is 0 Å². The number of rotatable bonds is 3. The van der Waals surface area contributed by atoms with Crippen molar-refractivity contribution in [1.82, 2.24) is 4.98 Å². The SMILES string of the molecule is NCc1c(Cl)cccc1Oc1cnc2ccccc2c1. The molecule has 3 rings (SSSR count). The second-order valence-corrected chi connectivity index (χ2v) is 4.79. The van der Waals surface area contributed by atoms with Crippen LogP contribution >= 0.6 is 11.6 Å². The number of fused-ring (bicyclic) bond motifs is 1. The molecule has 4 heteroatoms. The molecule has 3 nitrogen and oxygen atoms in total. The first-order chi connectivity index (χ1) is 9.78. The highest BCUT2D eigenvalue weighted by atomic mass is 35.5. The topological polar surface area (TPSA) is 48.1 Å². The summed E-state index contributed by atoms with van der Waals surface area (Å²) in [5, 5.41) is 1.64. The largest absolute Gasteiger partial charge is 0.455 e. The van der Waals surface area contributed by atoms with Gasteiger partial charge in [-0.05, 0) is 24.3 Å². The van der Waals surface area contributed by atoms with Crippen LogP contribution in [0.3, 0.4) is 0 Å². The van der Waals surface area contributed by atoms with Gasteiger partial charge in [0.15, 0.2) is 0 Å². The first-order valence-electron chi connectivity index (χ1n) is 6.28. The second kappa shape index (κ2) is 5.49. The number of ether oxygens (including phenoxy) is 1. The molecule has 0 radical (unpaired) electrons. The fourth-order valence-corrected chi connectivity index (χ4v) is 2.31. The Morgan fingerprint density at radius 3 is 2.80 bits per heavy atom. The number of hydrogen-bond donors (Lipinski definition) is 1. The number of nitrogens with zero attached hydrogens (tertiary/aromatic N) is 1. The maximum atomic E-state index is 6.12. The lowest BCUT2D eigenvalue weighted by Gasteiger charge is -2.11. The van der Waals surface area contributed by atoms with Gasteiger partial charge in [-0.1, -0.05) is 35.9 Å². The van der Waals surface area contributed by atoms with Gasteiger partial charge in [-0.25, -0.2) is 0 Å². The Kier molecular flexibility index (Phi) is 3.54. The predicted octanol–water partition coefficient (Wildman–Crippen LogP) is 4.14. The summed E-state index contributed by atoms with van der Waals surface area (Å²) in [4.78, 5) is 4.37. The standard InChI is InChI=1S/C16H13ClN2O/c17-14-5-3-7-16(13(14)9-18)20-12-8-11-4-1-2-6-15(11)19-10-12/h1-8,10H,9,18H2. The number of hydrogen-bond acceptors (Lipinski definition) is 3. The van der Waals surface area contributed by atoms with Crippen molar-refractivity contribution in [3.63, 3.8) is 0 Å². The van der Waals surface area contributed by atoms with Gasteiger partial charge in [0, 0.05) is 22.5 Å². The number of benzene rings is 2. The molecule has 0 aliphatic rings. The van der Waals surface area contributed by atoms with E-state index in [1.54, 1.807) is 12.3 Å². The third-order valence-corrected chi connectivity index (χ3v) is 3.43. The van der Waals surface area contributed by atoms with Crippen LogP contribution in [-0.2, 0) is 6.54 Å². The van der Waals surface area contributed by atoms with Crippen LogP contribution in [0.1, 0.15) is 5.56 Å². The Labute approximate surface area is 122 Å². The predicted molar refractivity (Wildman–Crippen MR) is 81.2 cm³/mol. The lowest BCUT2D eigenvalue weighted by molar-refractivity contribution is 0.475. The van der Waals surface area contributed by atoms with Gasteiger partial charge in [0.05, 0.1) is 11.7 Å². The summed E-state index contributed by atoms with van der Waals surface area (Å²) < 4.78 is 5.86. The molecular weight excluding hydrogens is 272 g/mol. The van der Waals surface area contributed by atoms with E-state index >= 15 is 0 Å². The average Bonchev–Trinajstić information content (AvgIpc) is 2.47. The van der Waals surface area contributed by atoms with E-state index in [0.717, 1.165) is 16.5 Å². The Morgan fingerprint density at radius 1 is 1.10 bits per heavy atom. The van der Waals surface area contributed by atoms with Gasteiger partial charge in [0.1, 0.15) is 11.5 Å². The van der Waals surface area contributed by atoms with Crippen molar-refractivity contribution in [2.24, 2.45) is 5.73 Å². The van der Waals surface area contributed by atoms with E-state index in [0.29, 0.717) is 23.1 Å². The van der Waals surface area contributed by atoms with Crippen molar-refractivity contribution in [3.05, 3.63) is 65.3 Å². The minimum absolute atomic E-state index is 0.329. The Balaban J connectivity index is 1.99. The van der Waals surface area contributed by atoms with Crippen molar-refractivity contribution in [3.8, 4) is 11.5 Å². The van der Waals surface area contributed by atoms with E-state index in [4.69, 9.17) is 22.1 Å². The summed E-state index contributed by atoms with van der Waals surface area (Å²) in [5.74, 6) is 1.33. The fourth-order valence-electron chi connectivity index (χ4n) is 2.07. The quantitative estimate of drug-likeness (QED) is 0.786. The third kappa shape index (κ3) is 2.46. The fraction of sp³-hybridized carbons (Fsp3) is 0.0625. The van der Waals surface area contributed by atoms with Crippen LogP contribution in [-0.4, -0.2) is 4.98 Å². The van der Waals surface area contributed by atoms with E-state index in [1.807, 2.05) is 42.5 Å². The molecule has 3 aromatic rings. The highest BCUT2D eigenvalue weighted by molar-refractivity contribution is 6.31. The maximum absolute atomic E-state index is 6.12. The van der Waals surface area contributed by atoms with E-state index in [2.05, 4.69) is 4.98 Å². The van der Waals surface area contributed by atoms with Crippen molar-refractivity contribution < 1.29 is 4.74 Å². The number of aromatic nitrogens is 1. The molecule has 0 aliphatic heterocycles. The first kappa shape index (κ1) is 12.9. The lowest BCUT2D eigenvalue weighted by Crippen LogP contribution is -2.00. The van der Waals surface area contributed by atoms with Crippen molar-refractivity contribution in [1.29, 1.82) is 0 Å². The molecule has 1 heterocycles. The van der Waals surface area contributed by atoms with E-state index < -0.39 is 0 Å². The first-order valence-corrected chi connectivity index (χ1v) is 6.66. The molecule has 0 amide bonds. The Morgan fingerprint density at radius 2 is 1.95 bits per heavy atom. The average molecular weight is 285 g/mol. The van der Waals surface area contributed by atoms with Gasteiger partial charge >= 0.3 is 0 Å². The Bertz CT molecular complexity index is 758. The van der Waals surface area contributed by atoms with Crippen LogP contribution in [0.25, 0.3) is 10.9 Å². The highest BCUT2D eigenvalue weighted by Crippen LogP contribution is 2.30. The summed E-state index contributed by atoms with van der Waals surface area (Å²) >= 11 is 6.12. The summed E-state index contributed by atoms with van der Waals surface area (Å²) in [6, 6.07) is 15.3. The van der Waals surface area contributed by atoms with Crippen molar-refractivity contribution >= 4 is 22.5 Å². The van der Waals surface area contributed by atoms with Crippen molar-refractivity contribution in [2.75, 3.05) is 0 Å². The number of para-hydroxylation sites is 1. The molecule has 0 saturated heterocycles. The van der Waals surface area contributed by atoms with E-state index in [-0.39, 0.29) is 0 Å². The zero-order chi connectivity index (χ0) is 13.9. The summed E-state index contributed by atoms with van der Waals surface area (Å²) in [7, 11) is 0. The minimum Gasteiger partial charge on any atom is -0.455 e. The van der Waals surface area contributed by atoms with Gasteiger partial charge in [0.25, 0.3) is 0 Å². The third-order valence-electron chi connectivity index (χ3n) is 3.07. The van der Waals surface area contributed by atoms with Gasteiger partial charge < -0.3 is 10.5 Å². The summed E-state index contributed by atoms with van der Waals surface area (Å²) in [5.41, 5.74) is 7.44. The molecule has 2 aromatic carbocycles. The van der Waals surface area contributed by atoms with Crippen LogP contribution in [0, 0.1) is 0 Å². The maximum Gasteiger partial charge on any atom is 0.146 e. The molecule has 2 N–H and O–H groups in total. The molecule has 0 saturated carbocycles. The molecule has 0 unspecified atom stereocenters. The second-order valence-electron chi connectivity index (χ2n) is 4.39. The molecule has 0 atom stereocenters. The lowest BCUT2D eigenvalue weighted by atomic mass is 10.2. The molecule has 20 heavy (non-hydrogen) atoms. The van der Waals surface area contributed by atoms with Gasteiger partial charge in [-0.2, -0.15) is 0 Å². The normalized spacial score (nSPS) is 10.7. The molecule has 0 fully saturated rings. The number of nitrogens with two attached hydrogens (primary N) is 1. The Hall–Kier alpha value is -2.10. The minimum atomic E-state index is 0.329. The number of halogens is 1. The monoisotopic (exact) mass is 284 g/mol. The van der Waals surface area contributed by atoms with Crippen molar-refractivity contribution in [2.45, 2.75) is 6.54 Å². The molecule has 0 bridgehead atoms. The number of pyridine rings is 1. The zero-order valence-corrected chi connectivity index (χ0v) is 11.5. The molecule has 1 aromatic heterocycles. The summed E-state index contributed by atoms with van der Waals surface area (Å²) in [6.45, 7) is 0.329. The zero-order valence-electron chi connectivity index (χ0n) is 10.7. The summed E-state index contributed by atoms with van der Waals surface area (Å²) in [6.07, 6.45) is 1.70. The van der Waals surface area contributed by atoms with Crippen LogP contribution in [0.4, 0.5) is 0 Å². The van der Waals surface area contributed by atoms with Gasteiger partial charge in [-0.15, -0.1) is 0 Å². The molecule has 0 spiro atoms. The van der Waals surface area contributed by atoms with E-state index in [1.165, 1.54) is 0 Å². The van der Waals surface area contributed by atoms with Crippen LogP contribution in [0.5, 0.6) is 11.5 Å². The van der Waals surface area contributed by atoms with Crippen LogP contribution < -0.4 is 10.5 Å². The molecular formula is C16H13ClN2O.